The molecule has 194 valence electrons. The van der Waals surface area contributed by atoms with Gasteiger partial charge in [0.15, 0.2) is 0 Å². The number of carbonyl (C=O) groups is 2. The molecule has 1 fully saturated rings. The van der Waals surface area contributed by atoms with Gasteiger partial charge in [0.05, 0.1) is 11.5 Å². The number of benzene rings is 1. The number of piperidine rings is 1. The van der Waals surface area contributed by atoms with E-state index < -0.39 is 5.41 Å². The second-order valence-corrected chi connectivity index (χ2v) is 10.3. The van der Waals surface area contributed by atoms with E-state index in [4.69, 9.17) is 9.26 Å². The average Bonchev–Trinajstić information content (AvgIpc) is 3.31. The summed E-state index contributed by atoms with van der Waals surface area (Å²) < 4.78 is 11.5. The van der Waals surface area contributed by atoms with Gasteiger partial charge in [-0.1, -0.05) is 29.8 Å². The number of hydrogen-bond donors (Lipinski definition) is 1. The molecule has 2 aliphatic heterocycles. The van der Waals surface area contributed by atoms with Gasteiger partial charge in [-0.05, 0) is 69.7 Å². The lowest BCUT2D eigenvalue weighted by atomic mass is 9.73. The van der Waals surface area contributed by atoms with E-state index in [2.05, 4.69) is 21.5 Å². The van der Waals surface area contributed by atoms with Crippen LogP contribution in [0.4, 0.5) is 0 Å². The summed E-state index contributed by atoms with van der Waals surface area (Å²) >= 11 is 0. The van der Waals surface area contributed by atoms with Gasteiger partial charge in [-0.2, -0.15) is 0 Å². The van der Waals surface area contributed by atoms with Gasteiger partial charge in [0.25, 0.3) is 5.91 Å². The summed E-state index contributed by atoms with van der Waals surface area (Å²) in [5, 5.41) is 7.36. The Morgan fingerprint density at radius 1 is 1.08 bits per heavy atom. The molecule has 0 radical (unpaired) electrons. The Balaban J connectivity index is 1.30. The molecule has 0 unspecified atom stereocenters. The molecule has 3 aromatic rings. The zero-order valence-corrected chi connectivity index (χ0v) is 21.5. The Morgan fingerprint density at radius 3 is 2.62 bits per heavy atom. The van der Waals surface area contributed by atoms with Crippen LogP contribution in [0.5, 0.6) is 5.75 Å². The van der Waals surface area contributed by atoms with Crippen LogP contribution in [0, 0.1) is 12.3 Å². The molecule has 0 bridgehead atoms. The van der Waals surface area contributed by atoms with Gasteiger partial charge >= 0.3 is 0 Å². The standard InChI is InChI=1S/C29H34N4O4/c1-20-19-36-24-9-4-3-7-22(24)8-5-6-12-29(28(35)31-20)13-17-33(18-14-29)27(34)25-21(2)37-32-26(25)23-10-15-30-16-11-23/h3-4,7,9-11,15-16,20H,5-6,8,12-14,17-19H2,1-2H3,(H,31,35)/t20-/m1/s1. The largest absolute Gasteiger partial charge is 0.491 e. The maximum atomic E-state index is 13.6. The molecule has 1 spiro atoms. The van der Waals surface area contributed by atoms with Crippen molar-refractivity contribution in [3.05, 3.63) is 65.7 Å². The molecular formula is C29H34N4O4. The van der Waals surface area contributed by atoms with Gasteiger partial charge in [0, 0.05) is 31.0 Å². The first kappa shape index (κ1) is 25.0. The Morgan fingerprint density at radius 2 is 1.84 bits per heavy atom. The zero-order valence-electron chi connectivity index (χ0n) is 21.5. The van der Waals surface area contributed by atoms with Crippen molar-refractivity contribution in [2.24, 2.45) is 5.41 Å². The molecular weight excluding hydrogens is 468 g/mol. The minimum Gasteiger partial charge on any atom is -0.491 e. The monoisotopic (exact) mass is 502 g/mol. The maximum Gasteiger partial charge on any atom is 0.259 e. The minimum absolute atomic E-state index is 0.0724. The lowest BCUT2D eigenvalue weighted by molar-refractivity contribution is -0.135. The second kappa shape index (κ2) is 10.7. The van der Waals surface area contributed by atoms with Crippen molar-refractivity contribution in [1.29, 1.82) is 0 Å². The molecule has 4 heterocycles. The van der Waals surface area contributed by atoms with Crippen molar-refractivity contribution in [3.8, 4) is 17.0 Å². The van der Waals surface area contributed by atoms with Crippen LogP contribution in [0.2, 0.25) is 0 Å². The van der Waals surface area contributed by atoms with Gasteiger partial charge < -0.3 is 19.5 Å². The quantitative estimate of drug-likeness (QED) is 0.551. The molecule has 2 amide bonds. The molecule has 1 aromatic carbocycles. The molecule has 0 aliphatic carbocycles. The van der Waals surface area contributed by atoms with E-state index in [9.17, 15) is 9.59 Å². The molecule has 37 heavy (non-hydrogen) atoms. The second-order valence-electron chi connectivity index (χ2n) is 10.3. The molecule has 2 aromatic heterocycles. The fourth-order valence-electron chi connectivity index (χ4n) is 5.48. The Labute approximate surface area is 217 Å². The number of aromatic nitrogens is 2. The van der Waals surface area contributed by atoms with Gasteiger partial charge in [-0.15, -0.1) is 0 Å². The van der Waals surface area contributed by atoms with Crippen molar-refractivity contribution in [1.82, 2.24) is 20.4 Å². The van der Waals surface area contributed by atoms with Crippen molar-refractivity contribution >= 4 is 11.8 Å². The highest BCUT2D eigenvalue weighted by Gasteiger charge is 2.43. The molecule has 1 N–H and O–H groups in total. The summed E-state index contributed by atoms with van der Waals surface area (Å²) in [6, 6.07) is 11.7. The van der Waals surface area contributed by atoms with E-state index >= 15 is 0 Å². The molecule has 1 saturated heterocycles. The third-order valence-electron chi connectivity index (χ3n) is 7.71. The van der Waals surface area contributed by atoms with Crippen molar-refractivity contribution in [2.45, 2.75) is 58.4 Å². The van der Waals surface area contributed by atoms with Crippen LogP contribution >= 0.6 is 0 Å². The van der Waals surface area contributed by atoms with Crippen LogP contribution in [0.3, 0.4) is 0 Å². The number of nitrogens with zero attached hydrogens (tertiary/aromatic N) is 3. The normalized spacial score (nSPS) is 20.2. The number of amides is 2. The van der Waals surface area contributed by atoms with Crippen molar-refractivity contribution in [3.63, 3.8) is 0 Å². The predicted molar refractivity (Wildman–Crippen MR) is 139 cm³/mol. The first-order chi connectivity index (χ1) is 18.0. The Hall–Kier alpha value is -3.68. The molecule has 1 atom stereocenters. The smallest absolute Gasteiger partial charge is 0.259 e. The van der Waals surface area contributed by atoms with E-state index in [0.29, 0.717) is 49.6 Å². The number of carbonyl (C=O) groups excluding carboxylic acids is 2. The van der Waals surface area contributed by atoms with E-state index in [-0.39, 0.29) is 17.9 Å². The van der Waals surface area contributed by atoms with Crippen LogP contribution in [-0.2, 0) is 11.2 Å². The highest BCUT2D eigenvalue weighted by atomic mass is 16.5. The summed E-state index contributed by atoms with van der Waals surface area (Å²) in [6.45, 7) is 5.20. The van der Waals surface area contributed by atoms with E-state index in [1.54, 1.807) is 19.3 Å². The van der Waals surface area contributed by atoms with E-state index in [1.807, 2.05) is 42.2 Å². The Bertz CT molecular complexity index is 1250. The summed E-state index contributed by atoms with van der Waals surface area (Å²) in [5.41, 5.74) is 2.53. The fraction of sp³-hybridized carbons (Fsp3) is 0.448. The number of pyridine rings is 1. The molecule has 5 rings (SSSR count). The van der Waals surface area contributed by atoms with E-state index in [1.165, 1.54) is 5.56 Å². The number of hydrogen-bond acceptors (Lipinski definition) is 6. The molecule has 8 nitrogen and oxygen atoms in total. The SMILES string of the molecule is Cc1onc(-c2ccncc2)c1C(=O)N1CCC2(CCCCc3ccccc3OC[C@@H](C)NC2=O)CC1. The van der Waals surface area contributed by atoms with Crippen LogP contribution in [-0.4, -0.2) is 52.6 Å². The number of aryl methyl sites for hydroxylation is 2. The molecule has 2 aliphatic rings. The van der Waals surface area contributed by atoms with Crippen LogP contribution < -0.4 is 10.1 Å². The summed E-state index contributed by atoms with van der Waals surface area (Å²) in [5.74, 6) is 1.37. The molecule has 0 saturated carbocycles. The number of fused-ring (bicyclic) bond motifs is 1. The number of ether oxygens (including phenoxy) is 1. The lowest BCUT2D eigenvalue weighted by Crippen LogP contribution is -2.52. The van der Waals surface area contributed by atoms with Crippen LogP contribution in [0.25, 0.3) is 11.3 Å². The number of para-hydroxylation sites is 1. The van der Waals surface area contributed by atoms with Gasteiger partial charge in [0.1, 0.15) is 29.4 Å². The van der Waals surface area contributed by atoms with Crippen LogP contribution in [0.15, 0.2) is 53.3 Å². The summed E-state index contributed by atoms with van der Waals surface area (Å²) in [4.78, 5) is 33.0. The van der Waals surface area contributed by atoms with E-state index in [0.717, 1.165) is 37.0 Å². The zero-order chi connectivity index (χ0) is 25.8. The summed E-state index contributed by atoms with van der Waals surface area (Å²) in [6.07, 6.45) is 8.27. The Kier molecular flexibility index (Phi) is 7.26. The first-order valence-electron chi connectivity index (χ1n) is 13.1. The minimum atomic E-state index is -0.485. The third-order valence-corrected chi connectivity index (χ3v) is 7.71. The lowest BCUT2D eigenvalue weighted by Gasteiger charge is -2.41. The first-order valence-corrected chi connectivity index (χ1v) is 13.1. The van der Waals surface area contributed by atoms with Gasteiger partial charge in [-0.25, -0.2) is 0 Å². The summed E-state index contributed by atoms with van der Waals surface area (Å²) in [7, 11) is 0. The number of rotatable bonds is 2. The number of nitrogens with one attached hydrogen (secondary N) is 1. The van der Waals surface area contributed by atoms with Gasteiger partial charge in [0.2, 0.25) is 5.91 Å². The maximum absolute atomic E-state index is 13.6. The highest BCUT2D eigenvalue weighted by Crippen LogP contribution is 2.39. The third kappa shape index (κ3) is 5.24. The number of likely N-dealkylation sites (tertiary alicyclic amines) is 1. The predicted octanol–water partition coefficient (Wildman–Crippen LogP) is 4.58. The highest BCUT2D eigenvalue weighted by molar-refractivity contribution is 6.01. The average molecular weight is 503 g/mol. The van der Waals surface area contributed by atoms with Crippen molar-refractivity contribution in [2.75, 3.05) is 19.7 Å². The topological polar surface area (TPSA) is 97.6 Å². The molecule has 8 heteroatoms. The van der Waals surface area contributed by atoms with Gasteiger partial charge in [-0.3, -0.25) is 14.6 Å². The fourth-order valence-corrected chi connectivity index (χ4v) is 5.48. The van der Waals surface area contributed by atoms with Crippen molar-refractivity contribution < 1.29 is 18.8 Å². The van der Waals surface area contributed by atoms with Crippen LogP contribution in [0.1, 0.15) is 60.7 Å².